The second kappa shape index (κ2) is 9.77. The van der Waals surface area contributed by atoms with Crippen LogP contribution in [0.15, 0.2) is 30.3 Å². The topological polar surface area (TPSA) is 55.8 Å². The first-order chi connectivity index (χ1) is 11.5. The Balaban J connectivity index is 1.64. The van der Waals surface area contributed by atoms with Gasteiger partial charge < -0.3 is 15.3 Å². The molecule has 1 aromatic rings. The lowest BCUT2D eigenvalue weighted by Crippen LogP contribution is -2.44. The maximum Gasteiger partial charge on any atom is 0.216 e. The molecule has 1 atom stereocenters. The van der Waals surface area contributed by atoms with Crippen LogP contribution in [0, 0.1) is 5.92 Å². The number of likely N-dealkylation sites (tertiary alicyclic amines) is 1. The fourth-order valence-electron chi connectivity index (χ4n) is 3.34. The Morgan fingerprint density at radius 1 is 1.33 bits per heavy atom. The number of hydrogen-bond donors (Lipinski definition) is 2. The van der Waals surface area contributed by atoms with Crippen LogP contribution in [-0.4, -0.2) is 66.7 Å². The predicted molar refractivity (Wildman–Crippen MR) is 96.6 cm³/mol. The van der Waals surface area contributed by atoms with Gasteiger partial charge in [0, 0.05) is 33.1 Å². The van der Waals surface area contributed by atoms with Crippen LogP contribution in [0.3, 0.4) is 0 Å². The number of hydrogen-bond acceptors (Lipinski definition) is 4. The van der Waals surface area contributed by atoms with E-state index in [1.54, 1.807) is 6.92 Å². The molecule has 24 heavy (non-hydrogen) atoms. The molecule has 0 aliphatic carbocycles. The van der Waals surface area contributed by atoms with E-state index in [0.717, 1.165) is 45.6 Å². The molecule has 0 spiro atoms. The van der Waals surface area contributed by atoms with Crippen molar-refractivity contribution in [3.8, 4) is 0 Å². The molecule has 1 amide bonds. The lowest BCUT2D eigenvalue weighted by molar-refractivity contribution is -0.119. The number of carbonyl (C=O) groups excluding carboxylic acids is 1. The third-order valence-corrected chi connectivity index (χ3v) is 4.63. The van der Waals surface area contributed by atoms with Gasteiger partial charge >= 0.3 is 0 Å². The number of carbonyl (C=O) groups is 1. The number of aliphatic hydroxyl groups excluding tert-OH is 1. The van der Waals surface area contributed by atoms with E-state index in [9.17, 15) is 9.90 Å². The maximum atomic E-state index is 11.0. The first-order valence-corrected chi connectivity index (χ1v) is 8.90. The molecule has 0 radical (unpaired) electrons. The molecular formula is C19H31N3O2. The number of aliphatic hydroxyl groups is 1. The van der Waals surface area contributed by atoms with Gasteiger partial charge in [0.05, 0.1) is 6.10 Å². The van der Waals surface area contributed by atoms with E-state index in [4.69, 9.17) is 0 Å². The monoisotopic (exact) mass is 333 g/mol. The summed E-state index contributed by atoms with van der Waals surface area (Å²) in [6, 6.07) is 10.3. The number of rotatable bonds is 8. The first-order valence-electron chi connectivity index (χ1n) is 8.90. The Bertz CT molecular complexity index is 487. The normalized spacial score (nSPS) is 17.8. The van der Waals surface area contributed by atoms with Crippen LogP contribution in [-0.2, 0) is 11.3 Å². The van der Waals surface area contributed by atoms with Crippen LogP contribution in [0.1, 0.15) is 25.3 Å². The number of piperidine rings is 1. The highest BCUT2D eigenvalue weighted by Crippen LogP contribution is 2.16. The van der Waals surface area contributed by atoms with E-state index in [0.29, 0.717) is 12.5 Å². The molecule has 134 valence electrons. The van der Waals surface area contributed by atoms with Gasteiger partial charge in [-0.25, -0.2) is 0 Å². The van der Waals surface area contributed by atoms with Crippen LogP contribution >= 0.6 is 0 Å². The van der Waals surface area contributed by atoms with Crippen molar-refractivity contribution >= 4 is 5.91 Å². The minimum absolute atomic E-state index is 0.0503. The summed E-state index contributed by atoms with van der Waals surface area (Å²) in [5, 5.41) is 13.3. The third kappa shape index (κ3) is 6.99. The van der Waals surface area contributed by atoms with Gasteiger partial charge in [0.25, 0.3) is 0 Å². The van der Waals surface area contributed by atoms with Gasteiger partial charge in [0.1, 0.15) is 0 Å². The average molecular weight is 333 g/mol. The van der Waals surface area contributed by atoms with Gasteiger partial charge in [-0.15, -0.1) is 0 Å². The number of nitrogens with one attached hydrogen (secondary N) is 1. The Morgan fingerprint density at radius 3 is 2.62 bits per heavy atom. The molecular weight excluding hydrogens is 302 g/mol. The van der Waals surface area contributed by atoms with Gasteiger partial charge in [-0.05, 0) is 44.5 Å². The smallest absolute Gasteiger partial charge is 0.216 e. The van der Waals surface area contributed by atoms with Crippen molar-refractivity contribution in [3.05, 3.63) is 35.9 Å². The Morgan fingerprint density at radius 2 is 2.00 bits per heavy atom. The van der Waals surface area contributed by atoms with Crippen LogP contribution in [0.25, 0.3) is 0 Å². The first kappa shape index (κ1) is 18.9. The van der Waals surface area contributed by atoms with Gasteiger partial charge in [-0.3, -0.25) is 9.69 Å². The fourth-order valence-corrected chi connectivity index (χ4v) is 3.34. The summed E-state index contributed by atoms with van der Waals surface area (Å²) in [5.41, 5.74) is 1.27. The van der Waals surface area contributed by atoms with Crippen molar-refractivity contribution in [2.75, 3.05) is 39.8 Å². The zero-order valence-corrected chi connectivity index (χ0v) is 14.9. The highest BCUT2D eigenvalue weighted by Gasteiger charge is 2.21. The summed E-state index contributed by atoms with van der Waals surface area (Å²) in [7, 11) is 2.05. The second-order valence-corrected chi connectivity index (χ2v) is 7.02. The van der Waals surface area contributed by atoms with E-state index in [1.165, 1.54) is 5.56 Å². The van der Waals surface area contributed by atoms with Crippen molar-refractivity contribution in [1.29, 1.82) is 0 Å². The number of β-amino-alcohol motifs (C(OH)–C–C–N with tert-alkyl or cyclic N) is 1. The molecule has 0 bridgehead atoms. The van der Waals surface area contributed by atoms with Crippen LogP contribution < -0.4 is 5.32 Å². The zero-order chi connectivity index (χ0) is 17.4. The van der Waals surface area contributed by atoms with Crippen molar-refractivity contribution < 1.29 is 9.90 Å². The van der Waals surface area contributed by atoms with Gasteiger partial charge in [-0.2, -0.15) is 0 Å². The molecule has 1 fully saturated rings. The molecule has 5 nitrogen and oxygen atoms in total. The molecule has 5 heteroatoms. The molecule has 1 heterocycles. The van der Waals surface area contributed by atoms with Gasteiger partial charge in [-0.1, -0.05) is 30.3 Å². The SMILES string of the molecule is CC(=O)NCC1CCN(C[C@H](O)CN(C)Cc2ccccc2)CC1. The molecule has 0 saturated carbocycles. The quantitative estimate of drug-likeness (QED) is 0.754. The highest BCUT2D eigenvalue weighted by molar-refractivity contribution is 5.72. The summed E-state index contributed by atoms with van der Waals surface area (Å²) < 4.78 is 0. The van der Waals surface area contributed by atoms with Crippen molar-refractivity contribution in [2.45, 2.75) is 32.4 Å². The maximum absolute atomic E-state index is 11.0. The summed E-state index contributed by atoms with van der Waals surface area (Å²) in [6.45, 7) is 6.62. The summed E-state index contributed by atoms with van der Waals surface area (Å²) in [4.78, 5) is 15.5. The molecule has 1 aliphatic heterocycles. The highest BCUT2D eigenvalue weighted by atomic mass is 16.3. The number of benzene rings is 1. The van der Waals surface area contributed by atoms with Crippen molar-refractivity contribution in [1.82, 2.24) is 15.1 Å². The van der Waals surface area contributed by atoms with Crippen LogP contribution in [0.5, 0.6) is 0 Å². The number of likely N-dealkylation sites (N-methyl/N-ethyl adjacent to an activating group) is 1. The molecule has 2 rings (SSSR count). The molecule has 0 aromatic heterocycles. The lowest BCUT2D eigenvalue weighted by atomic mass is 9.96. The summed E-state index contributed by atoms with van der Waals surface area (Å²) >= 11 is 0. The van der Waals surface area contributed by atoms with E-state index < -0.39 is 0 Å². The van der Waals surface area contributed by atoms with Crippen LogP contribution in [0.4, 0.5) is 0 Å². The van der Waals surface area contributed by atoms with E-state index in [2.05, 4.69) is 34.3 Å². The van der Waals surface area contributed by atoms with E-state index >= 15 is 0 Å². The number of nitrogens with zero attached hydrogens (tertiary/aromatic N) is 2. The standard InChI is InChI=1S/C19H31N3O2/c1-16(23)20-12-17-8-10-22(11-9-17)15-19(24)14-21(2)13-18-6-4-3-5-7-18/h3-7,17,19,24H,8-15H2,1-2H3,(H,20,23)/t19-/m1/s1. The zero-order valence-electron chi connectivity index (χ0n) is 14.9. The largest absolute Gasteiger partial charge is 0.390 e. The second-order valence-electron chi connectivity index (χ2n) is 7.02. The molecule has 1 aliphatic rings. The molecule has 0 unspecified atom stereocenters. The molecule has 1 saturated heterocycles. The van der Waals surface area contributed by atoms with E-state index in [1.807, 2.05) is 18.2 Å². The number of amides is 1. The van der Waals surface area contributed by atoms with Gasteiger partial charge in [0.15, 0.2) is 0 Å². The Hall–Kier alpha value is -1.43. The predicted octanol–water partition coefficient (Wildman–Crippen LogP) is 1.33. The minimum Gasteiger partial charge on any atom is -0.390 e. The summed E-state index contributed by atoms with van der Waals surface area (Å²) in [5.74, 6) is 0.623. The van der Waals surface area contributed by atoms with Crippen LogP contribution in [0.2, 0.25) is 0 Å². The average Bonchev–Trinajstić information content (AvgIpc) is 2.54. The molecule has 2 N–H and O–H groups in total. The van der Waals surface area contributed by atoms with E-state index in [-0.39, 0.29) is 12.0 Å². The minimum atomic E-state index is -0.328. The fraction of sp³-hybridized carbons (Fsp3) is 0.632. The lowest BCUT2D eigenvalue weighted by Gasteiger charge is -2.34. The van der Waals surface area contributed by atoms with Gasteiger partial charge in [0.2, 0.25) is 5.91 Å². The van der Waals surface area contributed by atoms with Crippen molar-refractivity contribution in [3.63, 3.8) is 0 Å². The summed E-state index contributed by atoms with van der Waals surface area (Å²) in [6.07, 6.45) is 1.85. The van der Waals surface area contributed by atoms with Crippen molar-refractivity contribution in [2.24, 2.45) is 5.92 Å². The molecule has 1 aromatic carbocycles. The Kier molecular flexibility index (Phi) is 7.69. The Labute approximate surface area is 145 Å². The third-order valence-electron chi connectivity index (χ3n) is 4.63.